The lowest BCUT2D eigenvalue weighted by atomic mass is 9.80. The van der Waals surface area contributed by atoms with Crippen molar-refractivity contribution in [2.75, 3.05) is 0 Å². The van der Waals surface area contributed by atoms with Crippen molar-refractivity contribution in [3.05, 3.63) is 87.0 Å². The summed E-state index contributed by atoms with van der Waals surface area (Å²) >= 11 is 2.37. The summed E-state index contributed by atoms with van der Waals surface area (Å²) in [5.74, 6) is 0. The normalized spacial score (nSPS) is 15.9. The van der Waals surface area contributed by atoms with Gasteiger partial charge in [-0.25, -0.2) is 0 Å². The molecule has 0 spiro atoms. The van der Waals surface area contributed by atoms with Crippen molar-refractivity contribution in [3.63, 3.8) is 0 Å². The highest BCUT2D eigenvalue weighted by Gasteiger charge is 2.34. The monoisotopic (exact) mass is 450 g/mol. The third-order valence-corrected chi connectivity index (χ3v) is 6.31. The fourth-order valence-electron chi connectivity index (χ4n) is 4.22. The van der Waals surface area contributed by atoms with E-state index in [4.69, 9.17) is 0 Å². The van der Waals surface area contributed by atoms with Crippen LogP contribution in [0.2, 0.25) is 0 Å². The summed E-state index contributed by atoms with van der Waals surface area (Å²) in [7, 11) is 0. The van der Waals surface area contributed by atoms with Crippen molar-refractivity contribution < 1.29 is 0 Å². The molecule has 0 N–H and O–H groups in total. The Bertz CT molecular complexity index is 1080. The van der Waals surface area contributed by atoms with Crippen molar-refractivity contribution in [2.24, 2.45) is 0 Å². The second-order valence-electron chi connectivity index (χ2n) is 7.63. The first-order chi connectivity index (χ1) is 12.4. The molecule has 0 nitrogen and oxygen atoms in total. The molecule has 0 atom stereocenters. The van der Waals surface area contributed by atoms with E-state index in [0.29, 0.717) is 0 Å². The summed E-state index contributed by atoms with van der Waals surface area (Å²) in [6.07, 6.45) is 4.42. The molecule has 3 aromatic carbocycles. The average molecular weight is 450 g/mol. The lowest BCUT2D eigenvalue weighted by molar-refractivity contribution is 0.654. The molecule has 0 saturated heterocycles. The van der Waals surface area contributed by atoms with Crippen LogP contribution in [0.25, 0.3) is 27.5 Å². The Kier molecular flexibility index (Phi) is 4.31. The Hall–Kier alpha value is -1.87. The van der Waals surface area contributed by atoms with Gasteiger partial charge in [-0.2, -0.15) is 0 Å². The van der Waals surface area contributed by atoms with Gasteiger partial charge in [0.1, 0.15) is 0 Å². The van der Waals surface area contributed by atoms with Gasteiger partial charge in [0.25, 0.3) is 0 Å². The number of halogens is 1. The summed E-state index contributed by atoms with van der Waals surface area (Å²) in [5, 5.41) is 2.60. The smallest absolute Gasteiger partial charge is 0.0155 e. The standard InChI is InChI=1S/C25H23I/c1-5-6-23-16(2)22-12-10-20(15-24(22)25(23,3)4)17-7-8-19-14-21(26)11-9-18(19)13-17/h5-15H,1-4H3/b6-5-. The Morgan fingerprint density at radius 2 is 1.50 bits per heavy atom. The van der Waals surface area contributed by atoms with E-state index in [0.717, 1.165) is 0 Å². The largest absolute Gasteiger partial charge is 0.0873 e. The van der Waals surface area contributed by atoms with Crippen molar-refractivity contribution in [1.29, 1.82) is 0 Å². The Balaban J connectivity index is 1.83. The summed E-state index contributed by atoms with van der Waals surface area (Å²) < 4.78 is 1.28. The first kappa shape index (κ1) is 17.5. The number of hydrogen-bond donors (Lipinski definition) is 0. The van der Waals surface area contributed by atoms with Gasteiger partial charge in [0, 0.05) is 8.99 Å². The highest BCUT2D eigenvalue weighted by molar-refractivity contribution is 14.1. The van der Waals surface area contributed by atoms with Gasteiger partial charge in [-0.05, 0) is 105 Å². The zero-order valence-corrected chi connectivity index (χ0v) is 17.9. The van der Waals surface area contributed by atoms with E-state index in [9.17, 15) is 0 Å². The molecule has 3 aromatic rings. The van der Waals surface area contributed by atoms with Crippen LogP contribution < -0.4 is 0 Å². The Labute approximate surface area is 169 Å². The Morgan fingerprint density at radius 3 is 2.27 bits per heavy atom. The van der Waals surface area contributed by atoms with E-state index in [1.165, 1.54) is 47.7 Å². The van der Waals surface area contributed by atoms with Gasteiger partial charge in [0.15, 0.2) is 0 Å². The Morgan fingerprint density at radius 1 is 0.846 bits per heavy atom. The molecule has 0 amide bonds. The fraction of sp³-hybridized carbons (Fsp3) is 0.200. The fourth-order valence-corrected chi connectivity index (χ4v) is 4.74. The van der Waals surface area contributed by atoms with Crippen LogP contribution in [0, 0.1) is 3.57 Å². The van der Waals surface area contributed by atoms with E-state index in [2.05, 4.69) is 117 Å². The topological polar surface area (TPSA) is 0 Å². The predicted molar refractivity (Wildman–Crippen MR) is 123 cm³/mol. The maximum atomic E-state index is 2.39. The zero-order chi connectivity index (χ0) is 18.5. The van der Waals surface area contributed by atoms with Crippen LogP contribution in [-0.4, -0.2) is 0 Å². The highest BCUT2D eigenvalue weighted by atomic mass is 127. The second kappa shape index (κ2) is 6.38. The lowest BCUT2D eigenvalue weighted by Gasteiger charge is -2.23. The zero-order valence-electron chi connectivity index (χ0n) is 15.7. The van der Waals surface area contributed by atoms with E-state index >= 15 is 0 Å². The molecule has 26 heavy (non-hydrogen) atoms. The quantitative estimate of drug-likeness (QED) is 0.350. The van der Waals surface area contributed by atoms with Crippen LogP contribution in [0.15, 0.2) is 72.3 Å². The van der Waals surface area contributed by atoms with Gasteiger partial charge < -0.3 is 0 Å². The first-order valence-corrected chi connectivity index (χ1v) is 10.2. The molecule has 0 aromatic heterocycles. The summed E-state index contributed by atoms with van der Waals surface area (Å²) in [6.45, 7) is 9.02. The van der Waals surface area contributed by atoms with Crippen molar-refractivity contribution in [3.8, 4) is 11.1 Å². The SMILES string of the molecule is C/C=C\C1=C(C)c2ccc(-c3ccc4cc(I)ccc4c3)cc2C1(C)C. The maximum absolute atomic E-state index is 2.39. The molecule has 1 aliphatic rings. The first-order valence-electron chi connectivity index (χ1n) is 9.10. The molecule has 0 heterocycles. The molecule has 0 bridgehead atoms. The van der Waals surface area contributed by atoms with Crippen molar-refractivity contribution in [1.82, 2.24) is 0 Å². The third kappa shape index (κ3) is 2.73. The van der Waals surface area contributed by atoms with Crippen LogP contribution >= 0.6 is 22.6 Å². The van der Waals surface area contributed by atoms with Crippen LogP contribution in [0.3, 0.4) is 0 Å². The van der Waals surface area contributed by atoms with Crippen LogP contribution in [0.4, 0.5) is 0 Å². The molecule has 0 radical (unpaired) electrons. The highest BCUT2D eigenvalue weighted by Crippen LogP contribution is 2.47. The van der Waals surface area contributed by atoms with Gasteiger partial charge in [-0.15, -0.1) is 0 Å². The van der Waals surface area contributed by atoms with E-state index in [1.54, 1.807) is 0 Å². The molecule has 0 aliphatic heterocycles. The number of benzene rings is 3. The van der Waals surface area contributed by atoms with Crippen molar-refractivity contribution in [2.45, 2.75) is 33.1 Å². The van der Waals surface area contributed by atoms with E-state index in [-0.39, 0.29) is 5.41 Å². The predicted octanol–water partition coefficient (Wildman–Crippen LogP) is 7.75. The minimum atomic E-state index is 0.0505. The van der Waals surface area contributed by atoms with Crippen LogP contribution in [0.5, 0.6) is 0 Å². The third-order valence-electron chi connectivity index (χ3n) is 5.64. The molecule has 0 unspecified atom stereocenters. The number of allylic oxidation sites excluding steroid dienone is 4. The van der Waals surface area contributed by atoms with E-state index in [1.807, 2.05) is 0 Å². The second-order valence-corrected chi connectivity index (χ2v) is 8.88. The summed E-state index contributed by atoms with van der Waals surface area (Å²) in [5.41, 5.74) is 8.30. The molecular weight excluding hydrogens is 427 g/mol. The minimum absolute atomic E-state index is 0.0505. The number of fused-ring (bicyclic) bond motifs is 2. The van der Waals surface area contributed by atoms with Gasteiger partial charge >= 0.3 is 0 Å². The summed E-state index contributed by atoms with van der Waals surface area (Å²) in [4.78, 5) is 0. The van der Waals surface area contributed by atoms with Gasteiger partial charge in [0.05, 0.1) is 0 Å². The molecule has 1 heteroatoms. The molecule has 0 saturated carbocycles. The minimum Gasteiger partial charge on any atom is -0.0873 e. The number of hydrogen-bond acceptors (Lipinski definition) is 0. The maximum Gasteiger partial charge on any atom is 0.0155 e. The lowest BCUT2D eigenvalue weighted by Crippen LogP contribution is -2.16. The average Bonchev–Trinajstić information content (AvgIpc) is 2.82. The number of rotatable bonds is 2. The molecule has 130 valence electrons. The van der Waals surface area contributed by atoms with E-state index < -0.39 is 0 Å². The molecular formula is C25H23I. The van der Waals surface area contributed by atoms with Gasteiger partial charge in [0.2, 0.25) is 0 Å². The van der Waals surface area contributed by atoms with Gasteiger partial charge in [-0.3, -0.25) is 0 Å². The molecule has 4 rings (SSSR count). The van der Waals surface area contributed by atoms with Crippen LogP contribution in [0.1, 0.15) is 38.8 Å². The summed E-state index contributed by atoms with van der Waals surface area (Å²) in [6, 6.07) is 20.4. The van der Waals surface area contributed by atoms with Gasteiger partial charge in [-0.1, -0.05) is 56.3 Å². The van der Waals surface area contributed by atoms with Crippen LogP contribution in [-0.2, 0) is 5.41 Å². The molecule has 1 aliphatic carbocycles. The molecule has 0 fully saturated rings. The van der Waals surface area contributed by atoms with Crippen molar-refractivity contribution >= 4 is 38.9 Å².